The molecule has 0 saturated carbocycles. The smallest absolute Gasteiger partial charge is 0.325 e. The molecule has 0 aliphatic carbocycles. The molecule has 1 unspecified atom stereocenters. The Bertz CT molecular complexity index is 455. The van der Waals surface area contributed by atoms with Crippen LogP contribution in [0.3, 0.4) is 0 Å². The SMILES string of the molecule is O=C(O)C(NCC(=O)N1CCCCC1)c1ccccc1. The van der Waals surface area contributed by atoms with Crippen molar-refractivity contribution < 1.29 is 14.7 Å². The van der Waals surface area contributed by atoms with Crippen LogP contribution in [0.15, 0.2) is 30.3 Å². The quantitative estimate of drug-likeness (QED) is 0.853. The van der Waals surface area contributed by atoms with E-state index in [9.17, 15) is 14.7 Å². The lowest BCUT2D eigenvalue weighted by Gasteiger charge is -2.27. The van der Waals surface area contributed by atoms with E-state index in [2.05, 4.69) is 5.32 Å². The molecular formula is C15H20N2O3. The molecule has 1 aromatic carbocycles. The van der Waals surface area contributed by atoms with Crippen molar-refractivity contribution in [2.75, 3.05) is 19.6 Å². The molecule has 1 atom stereocenters. The average molecular weight is 276 g/mol. The van der Waals surface area contributed by atoms with Gasteiger partial charge in [-0.25, -0.2) is 0 Å². The second kappa shape index (κ2) is 7.05. The topological polar surface area (TPSA) is 69.6 Å². The average Bonchev–Trinajstić information content (AvgIpc) is 2.49. The lowest BCUT2D eigenvalue weighted by atomic mass is 10.1. The Hall–Kier alpha value is -1.88. The summed E-state index contributed by atoms with van der Waals surface area (Å²) in [5.41, 5.74) is 0.659. The van der Waals surface area contributed by atoms with Crippen LogP contribution in [-0.2, 0) is 9.59 Å². The van der Waals surface area contributed by atoms with E-state index in [0.29, 0.717) is 5.56 Å². The number of aliphatic carboxylic acids is 1. The molecule has 20 heavy (non-hydrogen) atoms. The van der Waals surface area contributed by atoms with Crippen molar-refractivity contribution in [1.29, 1.82) is 0 Å². The number of piperidine rings is 1. The van der Waals surface area contributed by atoms with Crippen LogP contribution >= 0.6 is 0 Å². The van der Waals surface area contributed by atoms with Crippen LogP contribution in [0.5, 0.6) is 0 Å². The van der Waals surface area contributed by atoms with Gasteiger partial charge in [0.15, 0.2) is 0 Å². The van der Waals surface area contributed by atoms with E-state index < -0.39 is 12.0 Å². The normalized spacial score (nSPS) is 16.7. The number of carbonyl (C=O) groups is 2. The maximum absolute atomic E-state index is 12.0. The third-order valence-corrected chi connectivity index (χ3v) is 3.55. The number of carbonyl (C=O) groups excluding carboxylic acids is 1. The van der Waals surface area contributed by atoms with Gasteiger partial charge in [-0.3, -0.25) is 14.9 Å². The highest BCUT2D eigenvalue weighted by Crippen LogP contribution is 2.13. The van der Waals surface area contributed by atoms with E-state index in [1.54, 1.807) is 29.2 Å². The number of rotatable bonds is 5. The molecule has 0 bridgehead atoms. The molecule has 1 amide bonds. The summed E-state index contributed by atoms with van der Waals surface area (Å²) in [4.78, 5) is 25.1. The number of hydrogen-bond acceptors (Lipinski definition) is 3. The first-order chi connectivity index (χ1) is 9.68. The van der Waals surface area contributed by atoms with Crippen LogP contribution in [0.4, 0.5) is 0 Å². The summed E-state index contributed by atoms with van der Waals surface area (Å²) in [6.45, 7) is 1.62. The van der Waals surface area contributed by atoms with Gasteiger partial charge in [-0.15, -0.1) is 0 Å². The number of likely N-dealkylation sites (tertiary alicyclic amines) is 1. The predicted molar refractivity (Wildman–Crippen MR) is 75.3 cm³/mol. The summed E-state index contributed by atoms with van der Waals surface area (Å²) >= 11 is 0. The lowest BCUT2D eigenvalue weighted by molar-refractivity contribution is -0.140. The zero-order chi connectivity index (χ0) is 14.4. The highest BCUT2D eigenvalue weighted by atomic mass is 16.4. The largest absolute Gasteiger partial charge is 0.480 e. The number of nitrogens with one attached hydrogen (secondary N) is 1. The zero-order valence-corrected chi connectivity index (χ0v) is 11.4. The minimum Gasteiger partial charge on any atom is -0.480 e. The molecule has 1 aliphatic rings. The second-order valence-electron chi connectivity index (χ2n) is 5.00. The Morgan fingerprint density at radius 3 is 2.40 bits per heavy atom. The molecule has 5 heteroatoms. The molecule has 1 heterocycles. The van der Waals surface area contributed by atoms with Gasteiger partial charge in [-0.1, -0.05) is 30.3 Å². The minimum absolute atomic E-state index is 0.0214. The van der Waals surface area contributed by atoms with Crippen molar-refractivity contribution in [3.05, 3.63) is 35.9 Å². The molecule has 1 fully saturated rings. The maximum Gasteiger partial charge on any atom is 0.325 e. The summed E-state index contributed by atoms with van der Waals surface area (Å²) in [5, 5.41) is 12.1. The van der Waals surface area contributed by atoms with Gasteiger partial charge in [0, 0.05) is 13.1 Å². The highest BCUT2D eigenvalue weighted by Gasteiger charge is 2.22. The number of carboxylic acids is 1. The van der Waals surface area contributed by atoms with E-state index in [0.717, 1.165) is 25.9 Å². The number of nitrogens with zero attached hydrogens (tertiary/aromatic N) is 1. The van der Waals surface area contributed by atoms with E-state index in [1.807, 2.05) is 6.07 Å². The van der Waals surface area contributed by atoms with Gasteiger partial charge in [-0.05, 0) is 24.8 Å². The van der Waals surface area contributed by atoms with Crippen LogP contribution in [0.25, 0.3) is 0 Å². The zero-order valence-electron chi connectivity index (χ0n) is 11.4. The van der Waals surface area contributed by atoms with Crippen molar-refractivity contribution in [2.24, 2.45) is 0 Å². The molecule has 1 aromatic rings. The summed E-state index contributed by atoms with van der Waals surface area (Å²) in [7, 11) is 0. The van der Waals surface area contributed by atoms with Crippen molar-refractivity contribution >= 4 is 11.9 Å². The summed E-state index contributed by atoms with van der Waals surface area (Å²) in [5.74, 6) is -0.991. The van der Waals surface area contributed by atoms with Crippen LogP contribution in [0.2, 0.25) is 0 Å². The predicted octanol–water partition coefficient (Wildman–Crippen LogP) is 1.41. The molecule has 1 saturated heterocycles. The molecule has 0 radical (unpaired) electrons. The van der Waals surface area contributed by atoms with Gasteiger partial charge < -0.3 is 10.0 Å². The van der Waals surface area contributed by atoms with E-state index >= 15 is 0 Å². The van der Waals surface area contributed by atoms with Crippen molar-refractivity contribution in [3.8, 4) is 0 Å². The standard InChI is InChI=1S/C15H20N2O3/c18-13(17-9-5-2-6-10-17)11-16-14(15(19)20)12-7-3-1-4-8-12/h1,3-4,7-8,14,16H,2,5-6,9-11H2,(H,19,20). The van der Waals surface area contributed by atoms with E-state index in [4.69, 9.17) is 0 Å². The fourth-order valence-electron chi connectivity index (χ4n) is 2.44. The minimum atomic E-state index is -0.970. The van der Waals surface area contributed by atoms with Crippen molar-refractivity contribution in [2.45, 2.75) is 25.3 Å². The summed E-state index contributed by atoms with van der Waals surface area (Å²) < 4.78 is 0. The Labute approximate surface area is 118 Å². The Kier molecular flexibility index (Phi) is 5.12. The van der Waals surface area contributed by atoms with Crippen LogP contribution in [0, 0.1) is 0 Å². The molecule has 0 aromatic heterocycles. The Morgan fingerprint density at radius 1 is 1.15 bits per heavy atom. The molecule has 2 rings (SSSR count). The molecule has 1 aliphatic heterocycles. The Morgan fingerprint density at radius 2 is 1.80 bits per heavy atom. The molecular weight excluding hydrogens is 256 g/mol. The number of amides is 1. The third-order valence-electron chi connectivity index (χ3n) is 3.55. The monoisotopic (exact) mass is 276 g/mol. The summed E-state index contributed by atoms with van der Waals surface area (Å²) in [6, 6.07) is 8.07. The van der Waals surface area contributed by atoms with Gasteiger partial charge in [-0.2, -0.15) is 0 Å². The van der Waals surface area contributed by atoms with Gasteiger partial charge in [0.2, 0.25) is 5.91 Å². The molecule has 5 nitrogen and oxygen atoms in total. The number of hydrogen-bond donors (Lipinski definition) is 2. The fraction of sp³-hybridized carbons (Fsp3) is 0.467. The number of carboxylic acid groups (broad SMARTS) is 1. The molecule has 0 spiro atoms. The van der Waals surface area contributed by atoms with Gasteiger partial charge in [0.1, 0.15) is 6.04 Å². The first kappa shape index (κ1) is 14.5. The fourth-order valence-corrected chi connectivity index (χ4v) is 2.44. The first-order valence-electron chi connectivity index (χ1n) is 6.97. The van der Waals surface area contributed by atoms with E-state index in [1.165, 1.54) is 6.42 Å². The first-order valence-corrected chi connectivity index (χ1v) is 6.97. The van der Waals surface area contributed by atoms with Gasteiger partial charge >= 0.3 is 5.97 Å². The molecule has 108 valence electrons. The Balaban J connectivity index is 1.92. The van der Waals surface area contributed by atoms with Crippen LogP contribution < -0.4 is 5.32 Å². The second-order valence-corrected chi connectivity index (χ2v) is 5.00. The maximum atomic E-state index is 12.0. The third kappa shape index (κ3) is 3.81. The number of benzene rings is 1. The summed E-state index contributed by atoms with van der Waals surface area (Å²) in [6.07, 6.45) is 3.23. The van der Waals surface area contributed by atoms with Gasteiger partial charge in [0.05, 0.1) is 6.54 Å². The van der Waals surface area contributed by atoms with Gasteiger partial charge in [0.25, 0.3) is 0 Å². The van der Waals surface area contributed by atoms with E-state index in [-0.39, 0.29) is 12.5 Å². The lowest BCUT2D eigenvalue weighted by Crippen LogP contribution is -2.43. The molecule has 2 N–H and O–H groups in total. The van der Waals surface area contributed by atoms with Crippen molar-refractivity contribution in [3.63, 3.8) is 0 Å². The highest BCUT2D eigenvalue weighted by molar-refractivity contribution is 5.80. The van der Waals surface area contributed by atoms with Crippen molar-refractivity contribution in [1.82, 2.24) is 10.2 Å². The van der Waals surface area contributed by atoms with Crippen LogP contribution in [0.1, 0.15) is 30.9 Å². The van der Waals surface area contributed by atoms with Crippen LogP contribution in [-0.4, -0.2) is 41.5 Å².